The molecule has 1 saturated carbocycles. The van der Waals surface area contributed by atoms with Gasteiger partial charge in [0.2, 0.25) is 0 Å². The molecule has 0 radical (unpaired) electrons. The summed E-state index contributed by atoms with van der Waals surface area (Å²) < 4.78 is 1.90. The van der Waals surface area contributed by atoms with Gasteiger partial charge in [-0.1, -0.05) is 27.2 Å². The van der Waals surface area contributed by atoms with Crippen LogP contribution in [0.2, 0.25) is 0 Å². The number of nitrogen functional groups attached to an aromatic ring is 1. The van der Waals surface area contributed by atoms with Gasteiger partial charge in [0.15, 0.2) is 0 Å². The molecule has 0 spiro atoms. The Balaban J connectivity index is 2.14. The molecule has 1 heterocycles. The van der Waals surface area contributed by atoms with E-state index < -0.39 is 0 Å². The minimum Gasteiger partial charge on any atom is -0.394 e. The maximum atomic E-state index is 6.25. The van der Waals surface area contributed by atoms with Gasteiger partial charge in [0.05, 0.1) is 11.4 Å². The molecular weight excluding hydrogens is 256 g/mol. The van der Waals surface area contributed by atoms with Gasteiger partial charge in [-0.2, -0.15) is 16.9 Å². The lowest BCUT2D eigenvalue weighted by Crippen LogP contribution is -2.27. The second kappa shape index (κ2) is 6.07. The lowest BCUT2D eigenvalue weighted by Gasteiger charge is -2.21. The summed E-state index contributed by atoms with van der Waals surface area (Å²) in [5.74, 6) is 2.55. The molecule has 2 atom stereocenters. The van der Waals surface area contributed by atoms with Gasteiger partial charge in [-0.25, -0.2) is 0 Å². The van der Waals surface area contributed by atoms with E-state index in [-0.39, 0.29) is 0 Å². The van der Waals surface area contributed by atoms with Crippen molar-refractivity contribution in [1.29, 1.82) is 0 Å². The molecule has 1 fully saturated rings. The van der Waals surface area contributed by atoms with E-state index in [9.17, 15) is 0 Å². The first-order valence-electron chi connectivity index (χ1n) is 7.25. The molecule has 0 amide bonds. The van der Waals surface area contributed by atoms with Crippen molar-refractivity contribution < 1.29 is 0 Å². The highest BCUT2D eigenvalue weighted by Gasteiger charge is 2.29. The van der Waals surface area contributed by atoms with Gasteiger partial charge in [0.1, 0.15) is 5.82 Å². The number of aryl methyl sites for hydroxylation is 1. The van der Waals surface area contributed by atoms with Crippen LogP contribution in [0.1, 0.15) is 51.6 Å². The third-order valence-electron chi connectivity index (χ3n) is 3.81. The van der Waals surface area contributed by atoms with Crippen molar-refractivity contribution >= 4 is 23.3 Å². The highest BCUT2D eigenvalue weighted by atomic mass is 32.2. The molecule has 19 heavy (non-hydrogen) atoms. The number of rotatable bonds is 5. The summed E-state index contributed by atoms with van der Waals surface area (Å²) in [6.45, 7) is 6.50. The molecule has 0 aromatic carbocycles. The minimum atomic E-state index is 0.367. The van der Waals surface area contributed by atoms with Gasteiger partial charge in [-0.15, -0.1) is 0 Å². The van der Waals surface area contributed by atoms with Gasteiger partial charge in [0.25, 0.3) is 0 Å². The number of anilines is 2. The second-order valence-electron chi connectivity index (χ2n) is 5.60. The monoisotopic (exact) mass is 282 g/mol. The SMILES string of the molecule is CCSC1CCCC1Nc1c(N)c(C(C)C)nn1C. The predicted molar refractivity (Wildman–Crippen MR) is 84.9 cm³/mol. The number of hydrogen-bond donors (Lipinski definition) is 2. The van der Waals surface area contributed by atoms with Crippen LogP contribution in [0.5, 0.6) is 0 Å². The summed E-state index contributed by atoms with van der Waals surface area (Å²) in [7, 11) is 1.97. The molecule has 108 valence electrons. The fourth-order valence-electron chi connectivity index (χ4n) is 2.84. The maximum absolute atomic E-state index is 6.25. The van der Waals surface area contributed by atoms with Crippen LogP contribution in [0.4, 0.5) is 11.5 Å². The minimum absolute atomic E-state index is 0.367. The number of nitrogens with one attached hydrogen (secondary N) is 1. The first-order valence-corrected chi connectivity index (χ1v) is 8.30. The Kier molecular flexibility index (Phi) is 4.66. The zero-order valence-corrected chi connectivity index (χ0v) is 13.3. The van der Waals surface area contributed by atoms with Gasteiger partial charge < -0.3 is 11.1 Å². The van der Waals surface area contributed by atoms with Crippen LogP contribution < -0.4 is 11.1 Å². The Labute approximate surface area is 120 Å². The maximum Gasteiger partial charge on any atom is 0.148 e. The van der Waals surface area contributed by atoms with Crippen molar-refractivity contribution in [1.82, 2.24) is 9.78 Å². The molecule has 4 nitrogen and oxygen atoms in total. The molecule has 0 saturated heterocycles. The lowest BCUT2D eigenvalue weighted by atomic mass is 10.1. The average Bonchev–Trinajstić information content (AvgIpc) is 2.89. The standard InChI is InChI=1S/C14H26N4S/c1-5-19-11-8-6-7-10(11)16-14-12(15)13(9(2)3)17-18(14)4/h9-11,16H,5-8,15H2,1-4H3. The third kappa shape index (κ3) is 3.02. The average molecular weight is 282 g/mol. The Morgan fingerprint density at radius 2 is 2.21 bits per heavy atom. The molecule has 2 unspecified atom stereocenters. The molecule has 1 aromatic rings. The van der Waals surface area contributed by atoms with E-state index in [0.717, 1.165) is 17.2 Å². The number of hydrogen-bond acceptors (Lipinski definition) is 4. The Morgan fingerprint density at radius 3 is 2.79 bits per heavy atom. The molecule has 2 rings (SSSR count). The lowest BCUT2D eigenvalue weighted by molar-refractivity contribution is 0.696. The van der Waals surface area contributed by atoms with Crippen LogP contribution in [0.3, 0.4) is 0 Å². The third-order valence-corrected chi connectivity index (χ3v) is 5.14. The number of nitrogens with zero attached hydrogens (tertiary/aromatic N) is 2. The van der Waals surface area contributed by atoms with Crippen molar-refractivity contribution in [2.75, 3.05) is 16.8 Å². The van der Waals surface area contributed by atoms with Crippen molar-refractivity contribution in [3.8, 4) is 0 Å². The Hall–Kier alpha value is -0.840. The fourth-order valence-corrected chi connectivity index (χ4v) is 4.04. The first kappa shape index (κ1) is 14.6. The largest absolute Gasteiger partial charge is 0.394 e. The molecular formula is C14H26N4S. The Morgan fingerprint density at radius 1 is 1.47 bits per heavy atom. The van der Waals surface area contributed by atoms with Crippen LogP contribution in [0.15, 0.2) is 0 Å². The summed E-state index contributed by atoms with van der Waals surface area (Å²) in [5, 5.41) is 8.90. The highest BCUT2D eigenvalue weighted by Crippen LogP contribution is 2.35. The van der Waals surface area contributed by atoms with Crippen LogP contribution in [-0.4, -0.2) is 26.8 Å². The molecule has 1 aliphatic rings. The quantitative estimate of drug-likeness (QED) is 0.870. The second-order valence-corrected chi connectivity index (χ2v) is 7.12. The van der Waals surface area contributed by atoms with E-state index in [1.165, 1.54) is 25.0 Å². The van der Waals surface area contributed by atoms with E-state index >= 15 is 0 Å². The molecule has 0 aliphatic heterocycles. The highest BCUT2D eigenvalue weighted by molar-refractivity contribution is 7.99. The number of aromatic nitrogens is 2. The zero-order chi connectivity index (χ0) is 14.0. The van der Waals surface area contributed by atoms with Crippen molar-refractivity contribution in [3.05, 3.63) is 5.69 Å². The molecule has 1 aliphatic carbocycles. The first-order chi connectivity index (χ1) is 9.04. The molecule has 1 aromatic heterocycles. The summed E-state index contributed by atoms with van der Waals surface area (Å²) in [6.07, 6.45) is 3.86. The van der Waals surface area contributed by atoms with Gasteiger partial charge in [0, 0.05) is 18.3 Å². The molecule has 0 bridgehead atoms. The van der Waals surface area contributed by atoms with Crippen molar-refractivity contribution in [3.63, 3.8) is 0 Å². The summed E-state index contributed by atoms with van der Waals surface area (Å²) >= 11 is 2.06. The summed E-state index contributed by atoms with van der Waals surface area (Å²) in [4.78, 5) is 0. The zero-order valence-electron chi connectivity index (χ0n) is 12.4. The Bertz CT molecular complexity index is 427. The number of thioether (sulfide) groups is 1. The molecule has 3 N–H and O–H groups in total. The van der Waals surface area contributed by atoms with Crippen LogP contribution in [0.25, 0.3) is 0 Å². The predicted octanol–water partition coefficient (Wildman–Crippen LogP) is 3.21. The summed E-state index contributed by atoms with van der Waals surface area (Å²) in [6, 6.07) is 0.530. The smallest absolute Gasteiger partial charge is 0.148 e. The van der Waals surface area contributed by atoms with Crippen LogP contribution in [0, 0.1) is 0 Å². The van der Waals surface area contributed by atoms with Crippen LogP contribution >= 0.6 is 11.8 Å². The number of nitrogens with two attached hydrogens (primary N) is 1. The van der Waals surface area contributed by atoms with E-state index in [1.54, 1.807) is 0 Å². The normalized spacial score (nSPS) is 23.2. The van der Waals surface area contributed by atoms with Crippen molar-refractivity contribution in [2.24, 2.45) is 7.05 Å². The van der Waals surface area contributed by atoms with Crippen molar-refractivity contribution in [2.45, 2.75) is 57.2 Å². The molecule has 5 heteroatoms. The van der Waals surface area contributed by atoms with E-state index in [0.29, 0.717) is 17.2 Å². The van der Waals surface area contributed by atoms with Gasteiger partial charge >= 0.3 is 0 Å². The van der Waals surface area contributed by atoms with Gasteiger partial charge in [-0.3, -0.25) is 4.68 Å². The topological polar surface area (TPSA) is 55.9 Å². The van der Waals surface area contributed by atoms with E-state index in [2.05, 4.69) is 42.9 Å². The van der Waals surface area contributed by atoms with E-state index in [1.807, 2.05) is 11.7 Å². The van der Waals surface area contributed by atoms with Gasteiger partial charge in [-0.05, 0) is 24.5 Å². The summed E-state index contributed by atoms with van der Waals surface area (Å²) in [5.41, 5.74) is 8.08. The van der Waals surface area contributed by atoms with E-state index in [4.69, 9.17) is 5.73 Å². The fraction of sp³-hybridized carbons (Fsp3) is 0.786. The van der Waals surface area contributed by atoms with Crippen LogP contribution in [-0.2, 0) is 7.05 Å².